The van der Waals surface area contributed by atoms with E-state index >= 15 is 0 Å². The summed E-state index contributed by atoms with van der Waals surface area (Å²) in [6.45, 7) is 19.4. The van der Waals surface area contributed by atoms with Crippen molar-refractivity contribution in [3.8, 4) is 0 Å². The summed E-state index contributed by atoms with van der Waals surface area (Å²) in [6, 6.07) is 0. The van der Waals surface area contributed by atoms with E-state index in [0.717, 1.165) is 35.5 Å². The second kappa shape index (κ2) is 10.7. The van der Waals surface area contributed by atoms with Crippen LogP contribution in [0.25, 0.3) is 0 Å². The molecule has 0 saturated heterocycles. The standard InChI is InChI=1S/C20H42/c1-9-11-12-15(3)13-17(5)18(6)14-19(7)20(8)16(4)10-2/h15-20H,9-14H2,1-8H3. The fourth-order valence-electron chi connectivity index (χ4n) is 3.50. The Morgan fingerprint density at radius 2 is 1.20 bits per heavy atom. The third-order valence-electron chi connectivity index (χ3n) is 5.98. The lowest BCUT2D eigenvalue weighted by atomic mass is 9.75. The fourth-order valence-corrected chi connectivity index (χ4v) is 3.50. The monoisotopic (exact) mass is 282 g/mol. The van der Waals surface area contributed by atoms with Gasteiger partial charge in [0.15, 0.2) is 0 Å². The first-order chi connectivity index (χ1) is 9.33. The maximum absolute atomic E-state index is 2.48. The molecule has 0 aliphatic rings. The van der Waals surface area contributed by atoms with Gasteiger partial charge in [-0.05, 0) is 48.3 Å². The molecule has 0 saturated carbocycles. The Hall–Kier alpha value is 0. The van der Waals surface area contributed by atoms with Crippen molar-refractivity contribution < 1.29 is 0 Å². The summed E-state index contributed by atoms with van der Waals surface area (Å²) in [5.41, 5.74) is 0. The molecule has 0 aliphatic heterocycles. The summed E-state index contributed by atoms with van der Waals surface area (Å²) in [4.78, 5) is 0. The Balaban J connectivity index is 4.14. The molecule has 0 aromatic rings. The van der Waals surface area contributed by atoms with Crippen LogP contribution in [-0.4, -0.2) is 0 Å². The molecule has 6 unspecified atom stereocenters. The minimum absolute atomic E-state index is 0.868. The molecule has 0 aromatic heterocycles. The molecule has 0 heteroatoms. The van der Waals surface area contributed by atoms with Gasteiger partial charge < -0.3 is 0 Å². The van der Waals surface area contributed by atoms with Crippen molar-refractivity contribution in [1.82, 2.24) is 0 Å². The zero-order chi connectivity index (χ0) is 15.7. The molecule has 122 valence electrons. The van der Waals surface area contributed by atoms with Gasteiger partial charge in [-0.25, -0.2) is 0 Å². The summed E-state index contributed by atoms with van der Waals surface area (Å²) in [5.74, 6) is 5.28. The molecule has 0 fully saturated rings. The van der Waals surface area contributed by atoms with Gasteiger partial charge in [-0.1, -0.05) is 81.1 Å². The Morgan fingerprint density at radius 3 is 1.70 bits per heavy atom. The van der Waals surface area contributed by atoms with Crippen LogP contribution in [0.3, 0.4) is 0 Å². The molecule has 20 heavy (non-hydrogen) atoms. The van der Waals surface area contributed by atoms with Crippen molar-refractivity contribution in [3.63, 3.8) is 0 Å². The minimum Gasteiger partial charge on any atom is -0.0654 e. The van der Waals surface area contributed by atoms with Crippen molar-refractivity contribution in [1.29, 1.82) is 0 Å². The van der Waals surface area contributed by atoms with Gasteiger partial charge in [-0.3, -0.25) is 0 Å². The van der Waals surface area contributed by atoms with E-state index < -0.39 is 0 Å². The van der Waals surface area contributed by atoms with Crippen LogP contribution in [0.5, 0.6) is 0 Å². The van der Waals surface area contributed by atoms with Crippen LogP contribution >= 0.6 is 0 Å². The molecule has 0 radical (unpaired) electrons. The van der Waals surface area contributed by atoms with Crippen LogP contribution in [0.4, 0.5) is 0 Å². The molecule has 0 aliphatic carbocycles. The summed E-state index contributed by atoms with van der Waals surface area (Å²) in [7, 11) is 0. The maximum Gasteiger partial charge on any atom is -0.0391 e. The predicted molar refractivity (Wildman–Crippen MR) is 94.0 cm³/mol. The quantitative estimate of drug-likeness (QED) is 0.376. The highest BCUT2D eigenvalue weighted by Gasteiger charge is 2.23. The smallest absolute Gasteiger partial charge is 0.0391 e. The molecule has 0 aromatic carbocycles. The average molecular weight is 283 g/mol. The summed E-state index contributed by atoms with van der Waals surface area (Å²) >= 11 is 0. The summed E-state index contributed by atoms with van der Waals surface area (Å²) in [5, 5.41) is 0. The van der Waals surface area contributed by atoms with E-state index in [-0.39, 0.29) is 0 Å². The highest BCUT2D eigenvalue weighted by atomic mass is 14.3. The highest BCUT2D eigenvalue weighted by Crippen LogP contribution is 2.32. The van der Waals surface area contributed by atoms with Gasteiger partial charge in [0.25, 0.3) is 0 Å². The molecular formula is C20H42. The van der Waals surface area contributed by atoms with Gasteiger partial charge in [0.05, 0.1) is 0 Å². The van der Waals surface area contributed by atoms with E-state index in [1.54, 1.807) is 0 Å². The van der Waals surface area contributed by atoms with Crippen LogP contribution in [0.1, 0.15) is 93.9 Å². The van der Waals surface area contributed by atoms with Crippen molar-refractivity contribution in [2.45, 2.75) is 93.9 Å². The van der Waals surface area contributed by atoms with Crippen molar-refractivity contribution in [3.05, 3.63) is 0 Å². The third-order valence-corrected chi connectivity index (χ3v) is 5.98. The lowest BCUT2D eigenvalue weighted by Gasteiger charge is -2.30. The number of hydrogen-bond acceptors (Lipinski definition) is 0. The Bertz CT molecular complexity index is 220. The Kier molecular flexibility index (Phi) is 10.7. The molecule has 6 atom stereocenters. The van der Waals surface area contributed by atoms with Gasteiger partial charge in [-0.2, -0.15) is 0 Å². The largest absolute Gasteiger partial charge is 0.0654 e. The molecule has 0 amide bonds. The van der Waals surface area contributed by atoms with E-state index in [1.807, 2.05) is 0 Å². The molecule has 0 N–H and O–H groups in total. The second-order valence-corrected chi connectivity index (χ2v) is 7.90. The summed E-state index contributed by atoms with van der Waals surface area (Å²) < 4.78 is 0. The van der Waals surface area contributed by atoms with Crippen molar-refractivity contribution >= 4 is 0 Å². The van der Waals surface area contributed by atoms with Crippen molar-refractivity contribution in [2.75, 3.05) is 0 Å². The zero-order valence-electron chi connectivity index (χ0n) is 15.7. The number of unbranched alkanes of at least 4 members (excludes halogenated alkanes) is 1. The van der Waals surface area contributed by atoms with Crippen LogP contribution < -0.4 is 0 Å². The SMILES string of the molecule is CCCCC(C)CC(C)C(C)CC(C)C(C)C(C)CC. The lowest BCUT2D eigenvalue weighted by Crippen LogP contribution is -2.21. The lowest BCUT2D eigenvalue weighted by molar-refractivity contribution is 0.197. The first kappa shape index (κ1) is 20.0. The van der Waals surface area contributed by atoms with Crippen molar-refractivity contribution in [2.24, 2.45) is 35.5 Å². The van der Waals surface area contributed by atoms with Crippen LogP contribution in [0, 0.1) is 35.5 Å². The van der Waals surface area contributed by atoms with Crippen LogP contribution in [-0.2, 0) is 0 Å². The predicted octanol–water partition coefficient (Wildman–Crippen LogP) is 7.18. The van der Waals surface area contributed by atoms with Gasteiger partial charge in [0.2, 0.25) is 0 Å². The highest BCUT2D eigenvalue weighted by molar-refractivity contribution is 4.73. The second-order valence-electron chi connectivity index (χ2n) is 7.90. The fraction of sp³-hybridized carbons (Fsp3) is 1.00. The normalized spacial score (nSPS) is 21.0. The van der Waals surface area contributed by atoms with Gasteiger partial charge in [0, 0.05) is 0 Å². The van der Waals surface area contributed by atoms with E-state index in [2.05, 4.69) is 55.4 Å². The van der Waals surface area contributed by atoms with Crippen LogP contribution in [0.2, 0.25) is 0 Å². The average Bonchev–Trinajstić information content (AvgIpc) is 2.42. The van der Waals surface area contributed by atoms with Crippen LogP contribution in [0.15, 0.2) is 0 Å². The van der Waals surface area contributed by atoms with E-state index in [4.69, 9.17) is 0 Å². The minimum atomic E-state index is 0.868. The Morgan fingerprint density at radius 1 is 0.650 bits per heavy atom. The first-order valence-electron chi connectivity index (χ1n) is 9.33. The van der Waals surface area contributed by atoms with Gasteiger partial charge in [0.1, 0.15) is 0 Å². The molecular weight excluding hydrogens is 240 g/mol. The van der Waals surface area contributed by atoms with E-state index in [9.17, 15) is 0 Å². The van der Waals surface area contributed by atoms with E-state index in [0.29, 0.717) is 0 Å². The third kappa shape index (κ3) is 7.70. The maximum atomic E-state index is 2.48. The molecule has 0 spiro atoms. The van der Waals surface area contributed by atoms with Gasteiger partial charge in [-0.15, -0.1) is 0 Å². The van der Waals surface area contributed by atoms with Gasteiger partial charge >= 0.3 is 0 Å². The Labute approximate surface area is 130 Å². The molecule has 0 nitrogen and oxygen atoms in total. The van der Waals surface area contributed by atoms with E-state index in [1.165, 1.54) is 38.5 Å². The summed E-state index contributed by atoms with van der Waals surface area (Å²) in [6.07, 6.45) is 8.33. The number of rotatable bonds is 11. The zero-order valence-corrected chi connectivity index (χ0v) is 15.7. The number of hydrogen-bond donors (Lipinski definition) is 0. The molecule has 0 heterocycles. The topological polar surface area (TPSA) is 0 Å². The first-order valence-corrected chi connectivity index (χ1v) is 9.33. The molecule has 0 bridgehead atoms. The molecule has 0 rings (SSSR count).